The number of furan rings is 1. The van der Waals surface area contributed by atoms with Crippen molar-refractivity contribution < 1.29 is 19.1 Å². The Morgan fingerprint density at radius 3 is 2.38 bits per heavy atom. The van der Waals surface area contributed by atoms with Gasteiger partial charge in [-0.2, -0.15) is 0 Å². The van der Waals surface area contributed by atoms with Gasteiger partial charge in [0.1, 0.15) is 6.04 Å². The maximum Gasteiger partial charge on any atom is 0.287 e. The average molecular weight is 296 g/mol. The largest absolute Gasteiger partial charge is 0.459 e. The van der Waals surface area contributed by atoms with Crippen molar-refractivity contribution >= 4 is 11.8 Å². The first-order chi connectivity index (χ1) is 9.82. The third kappa shape index (κ3) is 5.23. The van der Waals surface area contributed by atoms with E-state index in [1.807, 2.05) is 27.7 Å². The fourth-order valence-corrected chi connectivity index (χ4v) is 1.71. The lowest BCUT2D eigenvalue weighted by Crippen LogP contribution is -2.51. The van der Waals surface area contributed by atoms with Crippen LogP contribution in [0, 0.1) is 11.8 Å². The molecular formula is C15H24N2O4. The smallest absolute Gasteiger partial charge is 0.287 e. The van der Waals surface area contributed by atoms with Crippen molar-refractivity contribution in [2.24, 2.45) is 11.8 Å². The van der Waals surface area contributed by atoms with Crippen molar-refractivity contribution in [3.8, 4) is 0 Å². The molecule has 0 aliphatic heterocycles. The van der Waals surface area contributed by atoms with E-state index in [-0.39, 0.29) is 30.0 Å². The van der Waals surface area contributed by atoms with E-state index < -0.39 is 18.1 Å². The van der Waals surface area contributed by atoms with Gasteiger partial charge in [0.2, 0.25) is 5.91 Å². The normalized spacial score (nSPS) is 14.0. The van der Waals surface area contributed by atoms with Gasteiger partial charge in [0.25, 0.3) is 5.91 Å². The second-order valence-corrected chi connectivity index (χ2v) is 5.73. The number of amides is 2. The maximum absolute atomic E-state index is 12.1. The molecule has 118 valence electrons. The standard InChI is InChI=1S/C15H24N2O4/c1-9(2)11(18)8-16-15(20)13(10(3)4)17-14(19)12-6-5-7-21-12/h5-7,9-11,13,18H,8H2,1-4H3,(H,16,20)(H,17,19). The lowest BCUT2D eigenvalue weighted by atomic mass is 10.0. The summed E-state index contributed by atoms with van der Waals surface area (Å²) < 4.78 is 5.00. The van der Waals surface area contributed by atoms with Crippen LogP contribution in [0.25, 0.3) is 0 Å². The summed E-state index contributed by atoms with van der Waals surface area (Å²) in [6.07, 6.45) is 0.792. The van der Waals surface area contributed by atoms with E-state index in [9.17, 15) is 14.7 Å². The SMILES string of the molecule is CC(C)C(O)CNC(=O)C(NC(=O)c1ccco1)C(C)C. The summed E-state index contributed by atoms with van der Waals surface area (Å²) in [6.45, 7) is 7.58. The highest BCUT2D eigenvalue weighted by atomic mass is 16.3. The Kier molecular flexibility index (Phi) is 6.42. The van der Waals surface area contributed by atoms with Gasteiger partial charge in [0.15, 0.2) is 5.76 Å². The molecule has 0 bridgehead atoms. The zero-order valence-corrected chi connectivity index (χ0v) is 12.9. The number of carbonyl (C=O) groups excluding carboxylic acids is 2. The van der Waals surface area contributed by atoms with Crippen LogP contribution in [0.2, 0.25) is 0 Å². The summed E-state index contributed by atoms with van der Waals surface area (Å²) in [5.41, 5.74) is 0. The lowest BCUT2D eigenvalue weighted by molar-refractivity contribution is -0.124. The molecule has 1 heterocycles. The molecule has 0 fully saturated rings. The molecule has 0 aliphatic rings. The number of carbonyl (C=O) groups is 2. The van der Waals surface area contributed by atoms with Gasteiger partial charge in [0.05, 0.1) is 12.4 Å². The Morgan fingerprint density at radius 1 is 1.24 bits per heavy atom. The minimum atomic E-state index is -0.679. The Morgan fingerprint density at radius 2 is 1.90 bits per heavy atom. The molecule has 0 spiro atoms. The van der Waals surface area contributed by atoms with Crippen molar-refractivity contribution in [3.63, 3.8) is 0 Å². The molecule has 2 unspecified atom stereocenters. The van der Waals surface area contributed by atoms with Gasteiger partial charge in [-0.15, -0.1) is 0 Å². The number of rotatable bonds is 7. The third-order valence-electron chi connectivity index (χ3n) is 3.24. The van der Waals surface area contributed by atoms with Crippen LogP contribution in [0.3, 0.4) is 0 Å². The first-order valence-corrected chi connectivity index (χ1v) is 7.13. The van der Waals surface area contributed by atoms with Gasteiger partial charge in [-0.3, -0.25) is 9.59 Å². The van der Waals surface area contributed by atoms with E-state index in [2.05, 4.69) is 10.6 Å². The van der Waals surface area contributed by atoms with Gasteiger partial charge in [-0.05, 0) is 24.0 Å². The van der Waals surface area contributed by atoms with Gasteiger partial charge >= 0.3 is 0 Å². The molecule has 1 aromatic heterocycles. The van der Waals surface area contributed by atoms with Crippen LogP contribution in [0.5, 0.6) is 0 Å². The van der Waals surface area contributed by atoms with Crippen molar-refractivity contribution in [3.05, 3.63) is 24.2 Å². The van der Waals surface area contributed by atoms with E-state index in [4.69, 9.17) is 4.42 Å². The molecule has 21 heavy (non-hydrogen) atoms. The summed E-state index contributed by atoms with van der Waals surface area (Å²) >= 11 is 0. The molecule has 6 heteroatoms. The predicted molar refractivity (Wildman–Crippen MR) is 78.7 cm³/mol. The second kappa shape index (κ2) is 7.83. The van der Waals surface area contributed by atoms with E-state index in [0.29, 0.717) is 0 Å². The minimum Gasteiger partial charge on any atom is -0.459 e. The Labute approximate surface area is 124 Å². The number of nitrogens with one attached hydrogen (secondary N) is 2. The molecule has 0 aromatic carbocycles. The van der Waals surface area contributed by atoms with Crippen molar-refractivity contribution in [1.82, 2.24) is 10.6 Å². The summed E-state index contributed by atoms with van der Waals surface area (Å²) in [6, 6.07) is 2.47. The fraction of sp³-hybridized carbons (Fsp3) is 0.600. The second-order valence-electron chi connectivity index (χ2n) is 5.73. The number of hydrogen-bond acceptors (Lipinski definition) is 4. The van der Waals surface area contributed by atoms with Crippen LogP contribution < -0.4 is 10.6 Å². The zero-order valence-electron chi connectivity index (χ0n) is 12.9. The van der Waals surface area contributed by atoms with E-state index in [1.165, 1.54) is 12.3 Å². The molecular weight excluding hydrogens is 272 g/mol. The molecule has 1 rings (SSSR count). The molecule has 0 radical (unpaired) electrons. The fourth-order valence-electron chi connectivity index (χ4n) is 1.71. The third-order valence-corrected chi connectivity index (χ3v) is 3.24. The zero-order chi connectivity index (χ0) is 16.0. The van der Waals surface area contributed by atoms with Crippen LogP contribution in [0.1, 0.15) is 38.2 Å². The van der Waals surface area contributed by atoms with Crippen LogP contribution >= 0.6 is 0 Å². The van der Waals surface area contributed by atoms with Gasteiger partial charge in [-0.1, -0.05) is 27.7 Å². The van der Waals surface area contributed by atoms with E-state index in [1.54, 1.807) is 6.07 Å². The van der Waals surface area contributed by atoms with Crippen LogP contribution in [-0.2, 0) is 4.79 Å². The van der Waals surface area contributed by atoms with Crippen molar-refractivity contribution in [2.75, 3.05) is 6.54 Å². The average Bonchev–Trinajstić information content (AvgIpc) is 2.94. The Balaban J connectivity index is 2.60. The Bertz CT molecular complexity index is 454. The highest BCUT2D eigenvalue weighted by Gasteiger charge is 2.26. The Hall–Kier alpha value is -1.82. The molecule has 0 saturated heterocycles. The number of hydrogen-bond donors (Lipinski definition) is 3. The molecule has 1 aromatic rings. The molecule has 0 aliphatic carbocycles. The van der Waals surface area contributed by atoms with Gasteiger partial charge < -0.3 is 20.2 Å². The summed E-state index contributed by atoms with van der Waals surface area (Å²) in [7, 11) is 0. The molecule has 3 N–H and O–H groups in total. The van der Waals surface area contributed by atoms with E-state index >= 15 is 0 Å². The molecule has 6 nitrogen and oxygen atoms in total. The monoisotopic (exact) mass is 296 g/mol. The summed E-state index contributed by atoms with van der Waals surface area (Å²) in [5, 5.41) is 15.0. The lowest BCUT2D eigenvalue weighted by Gasteiger charge is -2.23. The summed E-state index contributed by atoms with van der Waals surface area (Å²) in [4.78, 5) is 24.1. The van der Waals surface area contributed by atoms with Crippen LogP contribution in [-0.4, -0.2) is 35.6 Å². The van der Waals surface area contributed by atoms with Gasteiger partial charge in [0, 0.05) is 6.54 Å². The minimum absolute atomic E-state index is 0.0560. The highest BCUT2D eigenvalue weighted by molar-refractivity contribution is 5.95. The predicted octanol–water partition coefficient (Wildman–Crippen LogP) is 1.17. The maximum atomic E-state index is 12.1. The quantitative estimate of drug-likeness (QED) is 0.704. The van der Waals surface area contributed by atoms with Crippen LogP contribution in [0.4, 0.5) is 0 Å². The van der Waals surface area contributed by atoms with Crippen molar-refractivity contribution in [2.45, 2.75) is 39.8 Å². The topological polar surface area (TPSA) is 91.6 Å². The number of aliphatic hydroxyl groups excluding tert-OH is 1. The first-order valence-electron chi connectivity index (χ1n) is 7.13. The van der Waals surface area contributed by atoms with Crippen LogP contribution in [0.15, 0.2) is 22.8 Å². The first kappa shape index (κ1) is 17.2. The molecule has 2 amide bonds. The molecule has 2 atom stereocenters. The van der Waals surface area contributed by atoms with E-state index in [0.717, 1.165) is 0 Å². The highest BCUT2D eigenvalue weighted by Crippen LogP contribution is 2.06. The van der Waals surface area contributed by atoms with Gasteiger partial charge in [-0.25, -0.2) is 0 Å². The summed E-state index contributed by atoms with van der Waals surface area (Å²) in [5.74, 6) is -0.612. The number of aliphatic hydroxyl groups is 1. The van der Waals surface area contributed by atoms with Crippen molar-refractivity contribution in [1.29, 1.82) is 0 Å². The molecule has 0 saturated carbocycles.